The summed E-state index contributed by atoms with van der Waals surface area (Å²) >= 11 is 7.24. The fourth-order valence-corrected chi connectivity index (χ4v) is 5.15. The van der Waals surface area contributed by atoms with E-state index >= 15 is 0 Å². The molecule has 4 rings (SSSR count). The van der Waals surface area contributed by atoms with Crippen molar-refractivity contribution in [2.75, 3.05) is 5.32 Å². The Morgan fingerprint density at radius 2 is 1.84 bits per heavy atom. The Morgan fingerprint density at radius 1 is 1.16 bits per heavy atom. The highest BCUT2D eigenvalue weighted by atomic mass is 35.5. The Balaban J connectivity index is 1.50. The highest BCUT2D eigenvalue weighted by Gasteiger charge is 2.54. The van der Waals surface area contributed by atoms with Gasteiger partial charge in [0.2, 0.25) is 5.91 Å². The van der Waals surface area contributed by atoms with E-state index in [1.807, 2.05) is 17.5 Å². The summed E-state index contributed by atoms with van der Waals surface area (Å²) in [6.07, 6.45) is 2.72. The number of carbonyl (C=O) groups is 2. The molecule has 0 saturated heterocycles. The molecule has 2 aliphatic rings. The number of thiazole rings is 1. The first-order valence-corrected chi connectivity index (χ1v) is 9.54. The second kappa shape index (κ2) is 6.42. The number of fused-ring (bicyclic) bond motifs is 2. The van der Waals surface area contributed by atoms with Gasteiger partial charge in [-0.15, -0.1) is 11.3 Å². The summed E-state index contributed by atoms with van der Waals surface area (Å²) in [4.78, 5) is 28.7. The van der Waals surface area contributed by atoms with Crippen LogP contribution in [0.15, 0.2) is 29.6 Å². The van der Waals surface area contributed by atoms with Gasteiger partial charge in [0.1, 0.15) is 0 Å². The van der Waals surface area contributed by atoms with Crippen LogP contribution >= 0.6 is 22.9 Å². The van der Waals surface area contributed by atoms with Gasteiger partial charge < -0.3 is 10.4 Å². The molecule has 2 aliphatic carbocycles. The molecule has 2 fully saturated rings. The number of carbonyl (C=O) groups excluding carboxylic acids is 1. The van der Waals surface area contributed by atoms with E-state index in [0.717, 1.165) is 30.5 Å². The van der Waals surface area contributed by atoms with Gasteiger partial charge in [-0.3, -0.25) is 9.59 Å². The van der Waals surface area contributed by atoms with Crippen molar-refractivity contribution in [3.05, 3.63) is 34.7 Å². The quantitative estimate of drug-likeness (QED) is 0.840. The first-order chi connectivity index (χ1) is 12.0. The molecule has 1 aromatic heterocycles. The summed E-state index contributed by atoms with van der Waals surface area (Å²) in [6.45, 7) is 0. The molecule has 130 valence electrons. The molecule has 1 amide bonds. The minimum absolute atomic E-state index is 0.138. The van der Waals surface area contributed by atoms with E-state index in [4.69, 9.17) is 11.6 Å². The molecule has 5 nitrogen and oxygen atoms in total. The van der Waals surface area contributed by atoms with Crippen molar-refractivity contribution in [2.24, 2.45) is 23.7 Å². The summed E-state index contributed by atoms with van der Waals surface area (Å²) in [7, 11) is 0. The van der Waals surface area contributed by atoms with Gasteiger partial charge in [-0.1, -0.05) is 23.7 Å². The lowest BCUT2D eigenvalue weighted by atomic mass is 9.79. The van der Waals surface area contributed by atoms with Crippen LogP contribution in [0, 0.1) is 23.7 Å². The molecule has 0 aliphatic heterocycles. The topological polar surface area (TPSA) is 79.3 Å². The van der Waals surface area contributed by atoms with Crippen LogP contribution in [0.1, 0.15) is 19.3 Å². The summed E-state index contributed by atoms with van der Waals surface area (Å²) in [5.41, 5.74) is 1.68. The van der Waals surface area contributed by atoms with Crippen molar-refractivity contribution >= 4 is 39.9 Å². The van der Waals surface area contributed by atoms with E-state index in [2.05, 4.69) is 10.3 Å². The zero-order valence-corrected chi connectivity index (χ0v) is 14.9. The van der Waals surface area contributed by atoms with Crippen LogP contribution in [0.25, 0.3) is 11.3 Å². The molecular weight excluding hydrogens is 360 g/mol. The minimum Gasteiger partial charge on any atom is -0.481 e. The van der Waals surface area contributed by atoms with Crippen LogP contribution in [0.4, 0.5) is 5.13 Å². The van der Waals surface area contributed by atoms with E-state index < -0.39 is 17.8 Å². The van der Waals surface area contributed by atoms with Gasteiger partial charge >= 0.3 is 5.97 Å². The van der Waals surface area contributed by atoms with Crippen LogP contribution in [0.5, 0.6) is 0 Å². The number of nitrogens with zero attached hydrogens (tertiary/aromatic N) is 1. The number of halogens is 1. The second-order valence-corrected chi connectivity index (χ2v) is 8.05. The van der Waals surface area contributed by atoms with Crippen molar-refractivity contribution in [1.29, 1.82) is 0 Å². The summed E-state index contributed by atoms with van der Waals surface area (Å²) in [5, 5.41) is 15.4. The van der Waals surface area contributed by atoms with Gasteiger partial charge in [0.25, 0.3) is 0 Å². The molecular formula is C18H17ClN2O3S. The monoisotopic (exact) mass is 376 g/mol. The molecule has 1 aromatic carbocycles. The zero-order valence-electron chi connectivity index (χ0n) is 13.3. The van der Waals surface area contributed by atoms with Crippen LogP contribution in [-0.4, -0.2) is 22.0 Å². The van der Waals surface area contributed by atoms with Crippen molar-refractivity contribution < 1.29 is 14.7 Å². The van der Waals surface area contributed by atoms with Crippen molar-refractivity contribution in [3.8, 4) is 11.3 Å². The fraction of sp³-hybridized carbons (Fsp3) is 0.389. The number of amides is 1. The molecule has 0 unspecified atom stereocenters. The number of benzene rings is 1. The highest BCUT2D eigenvalue weighted by Crippen LogP contribution is 2.52. The van der Waals surface area contributed by atoms with E-state index in [0.29, 0.717) is 10.2 Å². The third kappa shape index (κ3) is 3.04. The number of carboxylic acids is 1. The Morgan fingerprint density at radius 3 is 2.52 bits per heavy atom. The molecule has 25 heavy (non-hydrogen) atoms. The number of nitrogens with one attached hydrogen (secondary N) is 1. The predicted octanol–water partition coefficient (Wildman–Crippen LogP) is 4.15. The van der Waals surface area contributed by atoms with Gasteiger partial charge in [-0.05, 0) is 43.2 Å². The van der Waals surface area contributed by atoms with Crippen molar-refractivity contribution in [2.45, 2.75) is 19.3 Å². The predicted molar refractivity (Wildman–Crippen MR) is 96.6 cm³/mol. The number of rotatable bonds is 4. The van der Waals surface area contributed by atoms with Gasteiger partial charge in [-0.25, -0.2) is 4.98 Å². The second-order valence-electron chi connectivity index (χ2n) is 6.76. The number of aromatic nitrogens is 1. The number of anilines is 1. The maximum absolute atomic E-state index is 12.7. The van der Waals surface area contributed by atoms with Gasteiger partial charge in [0.05, 0.1) is 17.5 Å². The lowest BCUT2D eigenvalue weighted by Gasteiger charge is -2.26. The average molecular weight is 377 g/mol. The van der Waals surface area contributed by atoms with Crippen LogP contribution in [0.3, 0.4) is 0 Å². The van der Waals surface area contributed by atoms with Crippen LogP contribution < -0.4 is 5.32 Å². The van der Waals surface area contributed by atoms with E-state index in [1.54, 1.807) is 12.1 Å². The van der Waals surface area contributed by atoms with Crippen LogP contribution in [-0.2, 0) is 9.59 Å². The molecule has 4 atom stereocenters. The number of aliphatic carboxylic acids is 1. The zero-order chi connectivity index (χ0) is 17.6. The third-order valence-electron chi connectivity index (χ3n) is 5.38. The molecule has 2 bridgehead atoms. The smallest absolute Gasteiger partial charge is 0.307 e. The lowest BCUT2D eigenvalue weighted by Crippen LogP contribution is -2.37. The minimum atomic E-state index is -0.853. The molecule has 2 saturated carbocycles. The van der Waals surface area contributed by atoms with E-state index in [-0.39, 0.29) is 17.7 Å². The summed E-state index contributed by atoms with van der Waals surface area (Å²) in [6, 6.07) is 7.33. The Bertz CT molecular complexity index is 820. The highest BCUT2D eigenvalue weighted by molar-refractivity contribution is 7.14. The first kappa shape index (κ1) is 16.5. The molecule has 2 N–H and O–H groups in total. The maximum atomic E-state index is 12.7. The summed E-state index contributed by atoms with van der Waals surface area (Å²) < 4.78 is 0. The molecule has 2 aromatic rings. The number of hydrogen-bond acceptors (Lipinski definition) is 4. The largest absolute Gasteiger partial charge is 0.481 e. The Labute approximate surface area is 154 Å². The fourth-order valence-electron chi connectivity index (χ4n) is 4.30. The Hall–Kier alpha value is -1.92. The van der Waals surface area contributed by atoms with Gasteiger partial charge in [0.15, 0.2) is 5.13 Å². The van der Waals surface area contributed by atoms with Gasteiger partial charge in [-0.2, -0.15) is 0 Å². The maximum Gasteiger partial charge on any atom is 0.307 e. The van der Waals surface area contributed by atoms with Crippen molar-refractivity contribution in [3.63, 3.8) is 0 Å². The average Bonchev–Trinajstić information content (AvgIpc) is 3.30. The SMILES string of the molecule is O=C(Nc1nc(-c2ccc(Cl)cc2)cs1)[C@@H]1[C@H]2CC[C@@H](C2)[C@@H]1C(=O)O. The first-order valence-electron chi connectivity index (χ1n) is 8.28. The van der Waals surface area contributed by atoms with E-state index in [1.165, 1.54) is 11.3 Å². The molecule has 7 heteroatoms. The molecule has 0 spiro atoms. The normalized spacial score (nSPS) is 27.4. The van der Waals surface area contributed by atoms with E-state index in [9.17, 15) is 14.7 Å². The summed E-state index contributed by atoms with van der Waals surface area (Å²) in [5.74, 6) is -1.75. The molecule has 0 radical (unpaired) electrons. The number of hydrogen-bond donors (Lipinski definition) is 2. The Kier molecular flexibility index (Phi) is 4.25. The number of carboxylic acid groups (broad SMARTS) is 1. The lowest BCUT2D eigenvalue weighted by molar-refractivity contribution is -0.148. The third-order valence-corrected chi connectivity index (χ3v) is 6.39. The standard InChI is InChI=1S/C18H17ClN2O3S/c19-12-5-3-9(4-6-12)13-8-25-18(20-13)21-16(22)14-10-1-2-11(7-10)15(14)17(23)24/h3-6,8,10-11,14-15H,1-2,7H2,(H,23,24)(H,20,21,22)/t10-,11-,14+,15-/m0/s1. The van der Waals surface area contributed by atoms with Gasteiger partial charge in [0, 0.05) is 16.0 Å². The molecule has 1 heterocycles. The van der Waals surface area contributed by atoms with Crippen LogP contribution in [0.2, 0.25) is 5.02 Å². The van der Waals surface area contributed by atoms with Crippen molar-refractivity contribution in [1.82, 2.24) is 4.98 Å².